The van der Waals surface area contributed by atoms with Crippen molar-refractivity contribution >= 4 is 21.8 Å². The van der Waals surface area contributed by atoms with E-state index in [4.69, 9.17) is 9.97 Å². The molecule has 4 nitrogen and oxygen atoms in total. The third-order valence-corrected chi connectivity index (χ3v) is 9.45. The number of para-hydroxylation sites is 2. The van der Waals surface area contributed by atoms with Crippen molar-refractivity contribution in [3.8, 4) is 50.8 Å². The van der Waals surface area contributed by atoms with E-state index in [9.17, 15) is 0 Å². The number of rotatable bonds is 4. The number of benzene rings is 5. The van der Waals surface area contributed by atoms with Crippen molar-refractivity contribution in [3.05, 3.63) is 157 Å². The Morgan fingerprint density at radius 2 is 1.22 bits per heavy atom. The summed E-state index contributed by atoms with van der Waals surface area (Å²) in [7, 11) is 0. The molecule has 5 aromatic carbocycles. The van der Waals surface area contributed by atoms with E-state index in [2.05, 4.69) is 145 Å². The lowest BCUT2D eigenvalue weighted by Gasteiger charge is -2.24. The first kappa shape index (κ1) is 26.5. The number of fused-ring (bicyclic) bond motifs is 6. The van der Waals surface area contributed by atoms with Gasteiger partial charge in [-0.1, -0.05) is 111 Å². The molecule has 9 rings (SSSR count). The average molecular weight is 591 g/mol. The van der Waals surface area contributed by atoms with Gasteiger partial charge >= 0.3 is 0 Å². The lowest BCUT2D eigenvalue weighted by Crippen LogP contribution is -2.17. The number of pyridine rings is 1. The van der Waals surface area contributed by atoms with E-state index in [-0.39, 0.29) is 5.41 Å². The van der Waals surface area contributed by atoms with E-state index in [1.165, 1.54) is 38.5 Å². The molecule has 0 aliphatic heterocycles. The fourth-order valence-corrected chi connectivity index (χ4v) is 7.25. The second kappa shape index (κ2) is 10.1. The molecule has 0 saturated heterocycles. The van der Waals surface area contributed by atoms with E-state index in [1.54, 1.807) is 0 Å². The van der Waals surface area contributed by atoms with E-state index < -0.39 is 0 Å². The van der Waals surface area contributed by atoms with Gasteiger partial charge in [0.15, 0.2) is 5.82 Å². The van der Waals surface area contributed by atoms with E-state index >= 15 is 0 Å². The molecular weight excluding hydrogens is 560 g/mol. The number of hydrogen-bond donors (Lipinski definition) is 0. The molecule has 0 bridgehead atoms. The van der Waals surface area contributed by atoms with Gasteiger partial charge in [0.05, 0.1) is 28.1 Å². The third kappa shape index (κ3) is 3.97. The van der Waals surface area contributed by atoms with E-state index in [0.29, 0.717) is 0 Å². The lowest BCUT2D eigenvalue weighted by molar-refractivity contribution is 0.658. The highest BCUT2D eigenvalue weighted by Crippen LogP contribution is 2.51. The van der Waals surface area contributed by atoms with Crippen LogP contribution in [0.1, 0.15) is 25.0 Å². The van der Waals surface area contributed by atoms with Crippen molar-refractivity contribution in [1.82, 2.24) is 19.5 Å². The lowest BCUT2D eigenvalue weighted by atomic mass is 9.80. The maximum Gasteiger partial charge on any atom is 0.160 e. The van der Waals surface area contributed by atoms with Gasteiger partial charge < -0.3 is 4.57 Å². The molecule has 0 N–H and O–H groups in total. The van der Waals surface area contributed by atoms with Crippen LogP contribution in [0.2, 0.25) is 0 Å². The molecule has 1 aliphatic carbocycles. The van der Waals surface area contributed by atoms with Crippen LogP contribution in [0.3, 0.4) is 0 Å². The fourth-order valence-electron chi connectivity index (χ4n) is 7.25. The third-order valence-electron chi connectivity index (χ3n) is 9.45. The van der Waals surface area contributed by atoms with Gasteiger partial charge in [0.1, 0.15) is 0 Å². The SMILES string of the molecule is CC1(C)c2ccccc2-c2nc(-c3ccc(-c4ccccn4)cc3)nc(-c3ccc4c(c3)c3ccccc3n4-c3ccccc3)c21. The molecule has 1 aliphatic rings. The van der Waals surface area contributed by atoms with Gasteiger partial charge in [-0.15, -0.1) is 0 Å². The van der Waals surface area contributed by atoms with Crippen molar-refractivity contribution in [2.24, 2.45) is 0 Å². The van der Waals surface area contributed by atoms with Crippen LogP contribution in [-0.2, 0) is 5.41 Å². The second-order valence-corrected chi connectivity index (χ2v) is 12.5. The Morgan fingerprint density at radius 1 is 0.543 bits per heavy atom. The quantitative estimate of drug-likeness (QED) is 0.205. The van der Waals surface area contributed by atoms with Crippen LogP contribution >= 0.6 is 0 Å². The zero-order chi connectivity index (χ0) is 30.8. The van der Waals surface area contributed by atoms with Crippen molar-refractivity contribution in [2.45, 2.75) is 19.3 Å². The summed E-state index contributed by atoms with van der Waals surface area (Å²) in [6, 6.07) is 49.2. The second-order valence-electron chi connectivity index (χ2n) is 12.5. The minimum atomic E-state index is -0.254. The molecule has 46 heavy (non-hydrogen) atoms. The molecule has 3 aromatic heterocycles. The molecule has 218 valence electrons. The van der Waals surface area contributed by atoms with Crippen LogP contribution in [0.4, 0.5) is 0 Å². The number of nitrogens with zero attached hydrogens (tertiary/aromatic N) is 4. The minimum absolute atomic E-state index is 0.254. The Morgan fingerprint density at radius 3 is 2.04 bits per heavy atom. The smallest absolute Gasteiger partial charge is 0.160 e. The first-order valence-corrected chi connectivity index (χ1v) is 15.7. The van der Waals surface area contributed by atoms with Crippen molar-refractivity contribution in [2.75, 3.05) is 0 Å². The monoisotopic (exact) mass is 590 g/mol. The first-order valence-electron chi connectivity index (χ1n) is 15.7. The zero-order valence-electron chi connectivity index (χ0n) is 25.6. The molecule has 0 unspecified atom stereocenters. The predicted octanol–water partition coefficient (Wildman–Crippen LogP) is 10.3. The fraction of sp³-hybridized carbons (Fsp3) is 0.0714. The van der Waals surface area contributed by atoms with Gasteiger partial charge in [0.25, 0.3) is 0 Å². The van der Waals surface area contributed by atoms with Gasteiger partial charge in [0.2, 0.25) is 0 Å². The molecule has 0 amide bonds. The summed E-state index contributed by atoms with van der Waals surface area (Å²) < 4.78 is 2.35. The molecule has 0 atom stereocenters. The Kier molecular flexibility index (Phi) is 5.81. The first-order chi connectivity index (χ1) is 22.6. The van der Waals surface area contributed by atoms with E-state index in [1.807, 2.05) is 24.4 Å². The summed E-state index contributed by atoms with van der Waals surface area (Å²) in [5, 5.41) is 2.43. The molecule has 0 radical (unpaired) electrons. The van der Waals surface area contributed by atoms with Crippen molar-refractivity contribution in [1.29, 1.82) is 0 Å². The minimum Gasteiger partial charge on any atom is -0.309 e. The summed E-state index contributed by atoms with van der Waals surface area (Å²) in [6.07, 6.45) is 1.83. The topological polar surface area (TPSA) is 43.6 Å². The average Bonchev–Trinajstić information content (AvgIpc) is 3.57. The van der Waals surface area contributed by atoms with Gasteiger partial charge in [-0.2, -0.15) is 0 Å². The van der Waals surface area contributed by atoms with Crippen LogP contribution in [-0.4, -0.2) is 19.5 Å². The van der Waals surface area contributed by atoms with Gasteiger partial charge in [-0.05, 0) is 48.0 Å². The Bertz CT molecular complexity index is 2420. The number of aromatic nitrogens is 4. The Hall–Kier alpha value is -5.87. The Balaban J connectivity index is 1.28. The zero-order valence-corrected chi connectivity index (χ0v) is 25.6. The van der Waals surface area contributed by atoms with Crippen LogP contribution < -0.4 is 0 Å². The van der Waals surface area contributed by atoms with Gasteiger partial charge in [-0.25, -0.2) is 9.97 Å². The van der Waals surface area contributed by atoms with Crippen LogP contribution in [0.25, 0.3) is 72.7 Å². The normalized spacial score (nSPS) is 13.2. The maximum atomic E-state index is 5.38. The number of hydrogen-bond acceptors (Lipinski definition) is 3. The molecule has 0 fully saturated rings. The van der Waals surface area contributed by atoms with Crippen molar-refractivity contribution in [3.63, 3.8) is 0 Å². The summed E-state index contributed by atoms with van der Waals surface area (Å²) >= 11 is 0. The van der Waals surface area contributed by atoms with Crippen molar-refractivity contribution < 1.29 is 0 Å². The van der Waals surface area contributed by atoms with Gasteiger partial charge in [-0.3, -0.25) is 4.98 Å². The summed E-state index contributed by atoms with van der Waals surface area (Å²) in [4.78, 5) is 15.2. The molecule has 4 heteroatoms. The molecule has 3 heterocycles. The highest BCUT2D eigenvalue weighted by molar-refractivity contribution is 6.10. The summed E-state index contributed by atoms with van der Waals surface area (Å²) in [6.45, 7) is 4.59. The van der Waals surface area contributed by atoms with Crippen LogP contribution in [0, 0.1) is 0 Å². The highest BCUT2D eigenvalue weighted by Gasteiger charge is 2.40. The van der Waals surface area contributed by atoms with Crippen LogP contribution in [0.5, 0.6) is 0 Å². The largest absolute Gasteiger partial charge is 0.309 e. The summed E-state index contributed by atoms with van der Waals surface area (Å²) in [5.41, 5.74) is 13.0. The molecular formula is C42H30N4. The molecule has 8 aromatic rings. The van der Waals surface area contributed by atoms with E-state index in [0.717, 1.165) is 45.3 Å². The standard InChI is InChI=1S/C42H30N4/c1-42(2)34-16-8-6-15-32(34)40-38(42)39(44-41(45-40)28-21-19-27(20-22-28)35-17-10-11-25-43-35)29-23-24-37-33(26-29)31-14-7-9-18-36(31)46(37)30-12-4-3-5-13-30/h3-26H,1-2H3. The Labute approximate surface area is 267 Å². The van der Waals surface area contributed by atoms with Gasteiger partial charge in [0, 0.05) is 55.9 Å². The highest BCUT2D eigenvalue weighted by atomic mass is 15.0. The molecule has 0 spiro atoms. The molecule has 0 saturated carbocycles. The predicted molar refractivity (Wildman–Crippen MR) is 188 cm³/mol. The maximum absolute atomic E-state index is 5.38. The summed E-state index contributed by atoms with van der Waals surface area (Å²) in [5.74, 6) is 0.723. The van der Waals surface area contributed by atoms with Crippen LogP contribution in [0.15, 0.2) is 146 Å².